The smallest absolute Gasteiger partial charge is 0.250 e. The Balaban J connectivity index is 2.65. The van der Waals surface area contributed by atoms with Gasteiger partial charge in [0.25, 0.3) is 0 Å². The van der Waals surface area contributed by atoms with E-state index in [0.717, 1.165) is 11.8 Å². The first-order valence-electron chi connectivity index (χ1n) is 6.32. The van der Waals surface area contributed by atoms with Gasteiger partial charge in [-0.25, -0.2) is 13.1 Å². The second-order valence-corrected chi connectivity index (χ2v) is 6.53. The van der Waals surface area contributed by atoms with Crippen LogP contribution in [0, 0.1) is 17.0 Å². The fourth-order valence-corrected chi connectivity index (χ4v) is 2.60. The van der Waals surface area contributed by atoms with Crippen LogP contribution in [0.2, 0.25) is 0 Å². The lowest BCUT2D eigenvalue weighted by molar-refractivity contribution is -0.403. The number of aryl methyl sites for hydroxylation is 1. The van der Waals surface area contributed by atoms with E-state index in [1.54, 1.807) is 43.1 Å². The van der Waals surface area contributed by atoms with E-state index in [0.29, 0.717) is 0 Å². The standard InChI is InChI=1S/C13H19N3O4S/c1-11-4-6-13(7-5-11)21(19,20)14-10-12(2)15(3)8-9-16(17)18/h4-9,12,14H,10H2,1-3H3/b9-8+. The van der Waals surface area contributed by atoms with Crippen molar-refractivity contribution in [2.75, 3.05) is 13.6 Å². The topological polar surface area (TPSA) is 92.6 Å². The maximum atomic E-state index is 12.1. The molecule has 1 rings (SSSR count). The minimum Gasteiger partial charge on any atom is -0.371 e. The zero-order chi connectivity index (χ0) is 16.0. The fraction of sp³-hybridized carbons (Fsp3) is 0.385. The van der Waals surface area contributed by atoms with Gasteiger partial charge in [0.05, 0.1) is 16.0 Å². The van der Waals surface area contributed by atoms with Crippen LogP contribution in [0.15, 0.2) is 41.6 Å². The van der Waals surface area contributed by atoms with E-state index in [1.165, 1.54) is 6.20 Å². The molecule has 0 aliphatic carbocycles. The molecule has 21 heavy (non-hydrogen) atoms. The first-order valence-corrected chi connectivity index (χ1v) is 7.81. The molecule has 0 aliphatic heterocycles. The zero-order valence-corrected chi connectivity index (χ0v) is 13.0. The van der Waals surface area contributed by atoms with Crippen molar-refractivity contribution >= 4 is 10.0 Å². The van der Waals surface area contributed by atoms with Gasteiger partial charge in [-0.15, -0.1) is 0 Å². The molecule has 7 nitrogen and oxygen atoms in total. The number of likely N-dealkylation sites (N-methyl/N-ethyl adjacent to an activating group) is 1. The first kappa shape index (κ1) is 17.1. The lowest BCUT2D eigenvalue weighted by Crippen LogP contribution is -2.37. The highest BCUT2D eigenvalue weighted by molar-refractivity contribution is 7.89. The minimum atomic E-state index is -3.57. The Hall–Kier alpha value is -1.93. The molecule has 1 aromatic rings. The van der Waals surface area contributed by atoms with Crippen molar-refractivity contribution in [3.8, 4) is 0 Å². The van der Waals surface area contributed by atoms with Crippen molar-refractivity contribution < 1.29 is 13.3 Å². The summed E-state index contributed by atoms with van der Waals surface area (Å²) in [5.74, 6) is 0. The summed E-state index contributed by atoms with van der Waals surface area (Å²) in [6, 6.07) is 6.31. The molecule has 0 amide bonds. The molecule has 0 heterocycles. The van der Waals surface area contributed by atoms with Crippen LogP contribution in [-0.2, 0) is 10.0 Å². The maximum Gasteiger partial charge on any atom is 0.250 e. The van der Waals surface area contributed by atoms with Crippen LogP contribution in [0.25, 0.3) is 0 Å². The van der Waals surface area contributed by atoms with Gasteiger partial charge < -0.3 is 4.90 Å². The van der Waals surface area contributed by atoms with Gasteiger partial charge in [0.1, 0.15) is 0 Å². The van der Waals surface area contributed by atoms with Crippen LogP contribution < -0.4 is 4.72 Å². The van der Waals surface area contributed by atoms with Gasteiger partial charge in [-0.1, -0.05) is 17.7 Å². The van der Waals surface area contributed by atoms with Gasteiger partial charge in [0.2, 0.25) is 16.2 Å². The van der Waals surface area contributed by atoms with E-state index >= 15 is 0 Å². The highest BCUT2D eigenvalue weighted by Gasteiger charge is 2.16. The molecule has 1 atom stereocenters. The lowest BCUT2D eigenvalue weighted by atomic mass is 10.2. The van der Waals surface area contributed by atoms with Gasteiger partial charge in [0, 0.05) is 19.6 Å². The molecule has 1 N–H and O–H groups in total. The molecule has 0 radical (unpaired) electrons. The number of benzene rings is 1. The predicted octanol–water partition coefficient (Wildman–Crippen LogP) is 1.34. The molecule has 1 aromatic carbocycles. The van der Waals surface area contributed by atoms with Gasteiger partial charge in [0.15, 0.2) is 0 Å². The van der Waals surface area contributed by atoms with Crippen molar-refractivity contribution in [1.29, 1.82) is 0 Å². The number of rotatable bonds is 7. The summed E-state index contributed by atoms with van der Waals surface area (Å²) in [5, 5.41) is 10.2. The normalized spacial score (nSPS) is 13.3. The van der Waals surface area contributed by atoms with Crippen LogP contribution in [0.5, 0.6) is 0 Å². The highest BCUT2D eigenvalue weighted by Crippen LogP contribution is 2.10. The Labute approximate surface area is 124 Å². The monoisotopic (exact) mass is 313 g/mol. The Morgan fingerprint density at radius 3 is 2.48 bits per heavy atom. The van der Waals surface area contributed by atoms with Crippen molar-refractivity contribution in [2.24, 2.45) is 0 Å². The number of hydrogen-bond donors (Lipinski definition) is 1. The Morgan fingerprint density at radius 1 is 1.38 bits per heavy atom. The third-order valence-electron chi connectivity index (χ3n) is 3.02. The van der Waals surface area contributed by atoms with E-state index in [9.17, 15) is 18.5 Å². The molecule has 0 aromatic heterocycles. The minimum absolute atomic E-state index is 0.148. The van der Waals surface area contributed by atoms with E-state index in [4.69, 9.17) is 0 Å². The molecular formula is C13H19N3O4S. The summed E-state index contributed by atoms with van der Waals surface area (Å²) < 4.78 is 26.7. The van der Waals surface area contributed by atoms with E-state index in [-0.39, 0.29) is 17.5 Å². The SMILES string of the molecule is Cc1ccc(S(=O)(=O)NCC(C)N(C)/C=C/[N+](=O)[O-])cc1. The van der Waals surface area contributed by atoms with Crippen LogP contribution in [-0.4, -0.2) is 37.9 Å². The molecule has 8 heteroatoms. The zero-order valence-electron chi connectivity index (χ0n) is 12.2. The average Bonchev–Trinajstić information content (AvgIpc) is 2.42. The Bertz CT molecular complexity index is 611. The number of nitrogens with one attached hydrogen (secondary N) is 1. The maximum absolute atomic E-state index is 12.1. The second-order valence-electron chi connectivity index (χ2n) is 4.76. The summed E-state index contributed by atoms with van der Waals surface area (Å²) in [5.41, 5.74) is 0.979. The average molecular weight is 313 g/mol. The quantitative estimate of drug-likeness (QED) is 0.606. The fourth-order valence-electron chi connectivity index (χ4n) is 1.48. The predicted molar refractivity (Wildman–Crippen MR) is 79.7 cm³/mol. The van der Waals surface area contributed by atoms with Crippen molar-refractivity contribution in [3.05, 3.63) is 52.3 Å². The Morgan fingerprint density at radius 2 is 1.95 bits per heavy atom. The summed E-state index contributed by atoms with van der Waals surface area (Å²) in [4.78, 5) is 11.4. The van der Waals surface area contributed by atoms with Gasteiger partial charge in [-0.05, 0) is 26.0 Å². The number of nitro groups is 1. The third-order valence-corrected chi connectivity index (χ3v) is 4.46. The Kier molecular flexibility index (Phi) is 5.86. The molecule has 0 fully saturated rings. The van der Waals surface area contributed by atoms with E-state index in [2.05, 4.69) is 4.72 Å². The molecule has 116 valence electrons. The molecule has 0 spiro atoms. The largest absolute Gasteiger partial charge is 0.371 e. The van der Waals surface area contributed by atoms with Crippen molar-refractivity contribution in [3.63, 3.8) is 0 Å². The highest BCUT2D eigenvalue weighted by atomic mass is 32.2. The summed E-state index contributed by atoms with van der Waals surface area (Å²) in [6.07, 6.45) is 2.11. The van der Waals surface area contributed by atoms with Crippen molar-refractivity contribution in [1.82, 2.24) is 9.62 Å². The summed E-state index contributed by atoms with van der Waals surface area (Å²) in [6.45, 7) is 3.79. The van der Waals surface area contributed by atoms with Crippen LogP contribution in [0.4, 0.5) is 0 Å². The second kappa shape index (κ2) is 7.19. The van der Waals surface area contributed by atoms with E-state index in [1.807, 2.05) is 6.92 Å². The van der Waals surface area contributed by atoms with E-state index < -0.39 is 14.9 Å². The first-order chi connectivity index (χ1) is 9.72. The molecule has 1 unspecified atom stereocenters. The molecule has 0 saturated heterocycles. The van der Waals surface area contributed by atoms with Gasteiger partial charge in [-0.3, -0.25) is 10.1 Å². The molecule has 0 saturated carbocycles. The van der Waals surface area contributed by atoms with Crippen LogP contribution in [0.3, 0.4) is 0 Å². The van der Waals surface area contributed by atoms with Crippen molar-refractivity contribution in [2.45, 2.75) is 24.8 Å². The van der Waals surface area contributed by atoms with Gasteiger partial charge in [-0.2, -0.15) is 0 Å². The van der Waals surface area contributed by atoms with Crippen LogP contribution in [0.1, 0.15) is 12.5 Å². The summed E-state index contributed by atoms with van der Waals surface area (Å²) in [7, 11) is -1.93. The molecular weight excluding hydrogens is 294 g/mol. The van der Waals surface area contributed by atoms with Crippen LogP contribution >= 0.6 is 0 Å². The number of sulfonamides is 1. The van der Waals surface area contributed by atoms with Gasteiger partial charge >= 0.3 is 0 Å². The number of hydrogen-bond acceptors (Lipinski definition) is 5. The summed E-state index contributed by atoms with van der Waals surface area (Å²) >= 11 is 0. The molecule has 0 aliphatic rings. The lowest BCUT2D eigenvalue weighted by Gasteiger charge is -2.22. The molecule has 0 bridgehead atoms. The number of nitrogens with zero attached hydrogens (tertiary/aromatic N) is 2. The third kappa shape index (κ3) is 5.52.